The van der Waals surface area contributed by atoms with E-state index >= 15 is 0 Å². The van der Waals surface area contributed by atoms with Gasteiger partial charge in [-0.3, -0.25) is 4.90 Å². The van der Waals surface area contributed by atoms with Crippen LogP contribution < -0.4 is 5.73 Å². The number of nitrogens with two attached hydrogens (primary N) is 1. The molecule has 1 unspecified atom stereocenters. The molecule has 3 heteroatoms. The molecule has 0 spiro atoms. The SMILES string of the molecule is CC(C)(C)C(N)C1(N2CCOCC2)CCCC1. The fourth-order valence-corrected chi connectivity index (χ4v) is 3.63. The Kier molecular flexibility index (Phi) is 3.81. The van der Waals surface area contributed by atoms with E-state index in [-0.39, 0.29) is 17.0 Å². The maximum atomic E-state index is 6.64. The Bertz CT molecular complexity index is 247. The van der Waals surface area contributed by atoms with E-state index in [1.54, 1.807) is 0 Å². The zero-order valence-electron chi connectivity index (χ0n) is 11.7. The molecular weight excluding hydrogens is 212 g/mol. The van der Waals surface area contributed by atoms with Crippen LogP contribution in [0, 0.1) is 5.41 Å². The molecule has 2 N–H and O–H groups in total. The fourth-order valence-electron chi connectivity index (χ4n) is 3.63. The minimum Gasteiger partial charge on any atom is -0.379 e. The summed E-state index contributed by atoms with van der Waals surface area (Å²) in [5.74, 6) is 0. The van der Waals surface area contributed by atoms with Gasteiger partial charge >= 0.3 is 0 Å². The Morgan fingerprint density at radius 2 is 1.65 bits per heavy atom. The van der Waals surface area contributed by atoms with Gasteiger partial charge in [0.15, 0.2) is 0 Å². The van der Waals surface area contributed by atoms with Crippen molar-refractivity contribution < 1.29 is 4.74 Å². The smallest absolute Gasteiger partial charge is 0.0594 e. The topological polar surface area (TPSA) is 38.5 Å². The van der Waals surface area contributed by atoms with Crippen molar-refractivity contribution in [3.05, 3.63) is 0 Å². The quantitative estimate of drug-likeness (QED) is 0.802. The van der Waals surface area contributed by atoms with Crippen molar-refractivity contribution >= 4 is 0 Å². The highest BCUT2D eigenvalue weighted by molar-refractivity contribution is 5.06. The van der Waals surface area contributed by atoms with Crippen molar-refractivity contribution in [1.29, 1.82) is 0 Å². The first-order valence-electron chi connectivity index (χ1n) is 7.05. The van der Waals surface area contributed by atoms with Crippen molar-refractivity contribution in [3.8, 4) is 0 Å². The van der Waals surface area contributed by atoms with Crippen molar-refractivity contribution in [2.24, 2.45) is 11.1 Å². The van der Waals surface area contributed by atoms with E-state index in [0.717, 1.165) is 26.3 Å². The largest absolute Gasteiger partial charge is 0.379 e. The Balaban J connectivity index is 2.19. The first-order chi connectivity index (χ1) is 7.97. The molecule has 0 aromatic rings. The summed E-state index contributed by atoms with van der Waals surface area (Å²) in [6.07, 6.45) is 5.21. The maximum Gasteiger partial charge on any atom is 0.0594 e. The number of hydrogen-bond donors (Lipinski definition) is 1. The Hall–Kier alpha value is -0.120. The van der Waals surface area contributed by atoms with Crippen LogP contribution in [0.5, 0.6) is 0 Å². The number of nitrogens with zero attached hydrogens (tertiary/aromatic N) is 1. The monoisotopic (exact) mass is 240 g/mol. The van der Waals surface area contributed by atoms with Crippen molar-refractivity contribution in [2.45, 2.75) is 58.0 Å². The van der Waals surface area contributed by atoms with Gasteiger partial charge in [-0.25, -0.2) is 0 Å². The highest BCUT2D eigenvalue weighted by atomic mass is 16.5. The summed E-state index contributed by atoms with van der Waals surface area (Å²) in [5, 5.41) is 0. The fraction of sp³-hybridized carbons (Fsp3) is 1.00. The highest BCUT2D eigenvalue weighted by Crippen LogP contribution is 2.42. The third kappa shape index (κ3) is 2.51. The molecule has 100 valence electrons. The zero-order chi connectivity index (χ0) is 12.5. The Morgan fingerprint density at radius 3 is 2.12 bits per heavy atom. The van der Waals surface area contributed by atoms with Gasteiger partial charge in [-0.05, 0) is 18.3 Å². The second-order valence-corrected chi connectivity index (χ2v) is 6.75. The molecule has 1 heterocycles. The molecule has 17 heavy (non-hydrogen) atoms. The lowest BCUT2D eigenvalue weighted by Crippen LogP contribution is -2.64. The normalized spacial score (nSPS) is 28.2. The molecular formula is C14H28N2O. The average molecular weight is 240 g/mol. The van der Waals surface area contributed by atoms with E-state index in [4.69, 9.17) is 10.5 Å². The van der Waals surface area contributed by atoms with E-state index in [2.05, 4.69) is 25.7 Å². The Morgan fingerprint density at radius 1 is 1.12 bits per heavy atom. The van der Waals surface area contributed by atoms with Crippen molar-refractivity contribution in [1.82, 2.24) is 4.90 Å². The van der Waals surface area contributed by atoms with E-state index in [1.165, 1.54) is 25.7 Å². The Labute approximate surface area is 106 Å². The molecule has 1 aliphatic carbocycles. The van der Waals surface area contributed by atoms with Gasteiger partial charge in [-0.1, -0.05) is 33.6 Å². The molecule has 1 saturated heterocycles. The third-order valence-electron chi connectivity index (χ3n) is 4.62. The first kappa shape index (κ1) is 13.3. The minimum absolute atomic E-state index is 0.183. The van der Waals surface area contributed by atoms with Gasteiger partial charge in [-0.2, -0.15) is 0 Å². The summed E-state index contributed by atoms with van der Waals surface area (Å²) >= 11 is 0. The molecule has 1 saturated carbocycles. The van der Waals surface area contributed by atoms with Crippen LogP contribution in [0.4, 0.5) is 0 Å². The van der Waals surface area contributed by atoms with Crippen LogP contribution in [0.3, 0.4) is 0 Å². The lowest BCUT2D eigenvalue weighted by molar-refractivity contribution is -0.0453. The molecule has 2 rings (SSSR count). The summed E-state index contributed by atoms with van der Waals surface area (Å²) in [5.41, 5.74) is 7.06. The third-order valence-corrected chi connectivity index (χ3v) is 4.62. The van der Waals surface area contributed by atoms with Gasteiger partial charge in [0.25, 0.3) is 0 Å². The van der Waals surface area contributed by atoms with Crippen molar-refractivity contribution in [3.63, 3.8) is 0 Å². The second kappa shape index (κ2) is 4.87. The van der Waals surface area contributed by atoms with Crippen molar-refractivity contribution in [2.75, 3.05) is 26.3 Å². The zero-order valence-corrected chi connectivity index (χ0v) is 11.7. The van der Waals surface area contributed by atoms with Crippen LogP contribution in [-0.2, 0) is 4.74 Å². The molecule has 3 nitrogen and oxygen atoms in total. The van der Waals surface area contributed by atoms with Crippen LogP contribution in [-0.4, -0.2) is 42.8 Å². The van der Waals surface area contributed by atoms with E-state index in [9.17, 15) is 0 Å². The first-order valence-corrected chi connectivity index (χ1v) is 7.05. The summed E-state index contributed by atoms with van der Waals surface area (Å²) in [4.78, 5) is 2.62. The number of rotatable bonds is 2. The van der Waals surface area contributed by atoms with Crippen LogP contribution in [0.1, 0.15) is 46.5 Å². The number of hydrogen-bond acceptors (Lipinski definition) is 3. The molecule has 0 aromatic carbocycles. The molecule has 0 bridgehead atoms. The molecule has 1 atom stereocenters. The standard InChI is InChI=1S/C14H28N2O/c1-13(2,3)12(15)14(6-4-5-7-14)16-8-10-17-11-9-16/h12H,4-11,15H2,1-3H3. The van der Waals surface area contributed by atoms with Gasteiger partial charge in [0.1, 0.15) is 0 Å². The van der Waals surface area contributed by atoms with Crippen LogP contribution >= 0.6 is 0 Å². The molecule has 0 radical (unpaired) electrons. The lowest BCUT2D eigenvalue weighted by Gasteiger charge is -2.51. The number of ether oxygens (including phenoxy) is 1. The molecule has 0 amide bonds. The van der Waals surface area contributed by atoms with E-state index in [0.29, 0.717) is 0 Å². The predicted octanol–water partition coefficient (Wildman–Crippen LogP) is 2.00. The highest BCUT2D eigenvalue weighted by Gasteiger charge is 2.48. The predicted molar refractivity (Wildman–Crippen MR) is 71.0 cm³/mol. The molecule has 1 aliphatic heterocycles. The summed E-state index contributed by atoms with van der Waals surface area (Å²) in [7, 11) is 0. The molecule has 0 aromatic heterocycles. The average Bonchev–Trinajstić information content (AvgIpc) is 2.78. The number of morpholine rings is 1. The summed E-state index contributed by atoms with van der Waals surface area (Å²) in [6.45, 7) is 10.7. The van der Waals surface area contributed by atoms with Crippen LogP contribution in [0.25, 0.3) is 0 Å². The molecule has 2 aliphatic rings. The van der Waals surface area contributed by atoms with Crippen LogP contribution in [0.2, 0.25) is 0 Å². The maximum absolute atomic E-state index is 6.64. The van der Waals surface area contributed by atoms with Gasteiger partial charge in [-0.15, -0.1) is 0 Å². The second-order valence-electron chi connectivity index (χ2n) is 6.75. The van der Waals surface area contributed by atoms with E-state index < -0.39 is 0 Å². The molecule has 2 fully saturated rings. The van der Waals surface area contributed by atoms with Gasteiger partial charge < -0.3 is 10.5 Å². The van der Waals surface area contributed by atoms with E-state index in [1.807, 2.05) is 0 Å². The summed E-state index contributed by atoms with van der Waals surface area (Å²) < 4.78 is 5.49. The van der Waals surface area contributed by atoms with Gasteiger partial charge in [0.05, 0.1) is 13.2 Å². The van der Waals surface area contributed by atoms with Crippen LogP contribution in [0.15, 0.2) is 0 Å². The summed E-state index contributed by atoms with van der Waals surface area (Å²) in [6, 6.07) is 0.260. The van der Waals surface area contributed by atoms with Gasteiger partial charge in [0, 0.05) is 24.7 Å². The lowest BCUT2D eigenvalue weighted by atomic mass is 9.72. The van der Waals surface area contributed by atoms with Gasteiger partial charge in [0.2, 0.25) is 0 Å². The minimum atomic E-state index is 0.183.